The number of aromatic nitrogens is 2. The van der Waals surface area contributed by atoms with Crippen LogP contribution >= 0.6 is 27.7 Å². The highest BCUT2D eigenvalue weighted by atomic mass is 79.9. The van der Waals surface area contributed by atoms with E-state index in [-0.39, 0.29) is 6.04 Å². The van der Waals surface area contributed by atoms with Gasteiger partial charge in [0, 0.05) is 10.0 Å². The smallest absolute Gasteiger partial charge is 0.243 e. The van der Waals surface area contributed by atoms with Crippen LogP contribution in [-0.2, 0) is 0 Å². The number of benzene rings is 1. The van der Waals surface area contributed by atoms with Gasteiger partial charge in [-0.1, -0.05) is 27.2 Å². The molecule has 0 bridgehead atoms. The van der Waals surface area contributed by atoms with Crippen molar-refractivity contribution in [1.29, 1.82) is 0 Å². The van der Waals surface area contributed by atoms with E-state index in [1.807, 2.05) is 25.1 Å². The van der Waals surface area contributed by atoms with Gasteiger partial charge >= 0.3 is 0 Å². The Hall–Kier alpha value is -0.850. The van der Waals surface area contributed by atoms with Gasteiger partial charge in [0.15, 0.2) is 0 Å². The van der Waals surface area contributed by atoms with E-state index in [9.17, 15) is 0 Å². The average Bonchev–Trinajstić information content (AvgIpc) is 2.85. The number of rotatable bonds is 5. The van der Waals surface area contributed by atoms with Crippen molar-refractivity contribution in [2.24, 2.45) is 5.73 Å². The van der Waals surface area contributed by atoms with Crippen molar-refractivity contribution in [3.63, 3.8) is 0 Å². The molecule has 1 heterocycles. The first-order valence-corrected chi connectivity index (χ1v) is 8.15. The molecule has 102 valence electrons. The molecule has 4 nitrogen and oxygen atoms in total. The minimum absolute atomic E-state index is 0.196. The molecule has 2 aromatic rings. The monoisotopic (exact) mass is 341 g/mol. The fourth-order valence-electron chi connectivity index (χ4n) is 1.66. The van der Waals surface area contributed by atoms with Crippen molar-refractivity contribution in [1.82, 2.24) is 10.1 Å². The van der Waals surface area contributed by atoms with E-state index in [0.29, 0.717) is 11.7 Å². The molecular weight excluding hydrogens is 326 g/mol. The number of nitrogens with two attached hydrogens (primary N) is 1. The van der Waals surface area contributed by atoms with Crippen LogP contribution in [0.1, 0.15) is 23.9 Å². The first kappa shape index (κ1) is 14.6. The minimum atomic E-state index is -0.196. The number of nitrogens with zero attached hydrogens (tertiary/aromatic N) is 2. The average molecular weight is 342 g/mol. The molecule has 19 heavy (non-hydrogen) atoms. The summed E-state index contributed by atoms with van der Waals surface area (Å²) in [6.07, 6.45) is 2.88. The first-order valence-electron chi connectivity index (χ1n) is 5.96. The van der Waals surface area contributed by atoms with Gasteiger partial charge in [0.1, 0.15) is 0 Å². The van der Waals surface area contributed by atoms with Gasteiger partial charge in [0.05, 0.1) is 6.04 Å². The van der Waals surface area contributed by atoms with E-state index >= 15 is 0 Å². The molecule has 0 aliphatic rings. The van der Waals surface area contributed by atoms with Crippen molar-refractivity contribution in [2.75, 3.05) is 12.0 Å². The second-order valence-corrected chi connectivity index (χ2v) is 6.17. The van der Waals surface area contributed by atoms with Crippen LogP contribution in [0.4, 0.5) is 0 Å². The van der Waals surface area contributed by atoms with E-state index in [4.69, 9.17) is 10.3 Å². The van der Waals surface area contributed by atoms with Gasteiger partial charge in [-0.15, -0.1) is 0 Å². The number of thioether (sulfide) groups is 1. The van der Waals surface area contributed by atoms with Crippen LogP contribution in [-0.4, -0.2) is 22.1 Å². The predicted octanol–water partition coefficient (Wildman–Crippen LogP) is 3.56. The van der Waals surface area contributed by atoms with Crippen LogP contribution in [0.5, 0.6) is 0 Å². The maximum absolute atomic E-state index is 6.01. The normalized spacial score (nSPS) is 12.6. The maximum Gasteiger partial charge on any atom is 0.243 e. The van der Waals surface area contributed by atoms with Gasteiger partial charge in [0.25, 0.3) is 0 Å². The lowest BCUT2D eigenvalue weighted by molar-refractivity contribution is 0.353. The summed E-state index contributed by atoms with van der Waals surface area (Å²) in [4.78, 5) is 4.38. The Balaban J connectivity index is 2.20. The third kappa shape index (κ3) is 3.58. The lowest BCUT2D eigenvalue weighted by Gasteiger charge is -2.03. The SMILES string of the molecule is CSCC[C@H](N)c1nc(-c2ccc(C)cc2Br)no1. The standard InChI is InChI=1S/C13H16BrN3OS/c1-8-3-4-9(10(14)7-8)12-16-13(18-17-12)11(15)5-6-19-2/h3-4,7,11H,5-6,15H2,1-2H3/t11-/m0/s1. The molecule has 1 atom stereocenters. The van der Waals surface area contributed by atoms with Gasteiger partial charge in [-0.05, 0) is 43.0 Å². The third-order valence-corrected chi connectivity index (χ3v) is 4.06. The highest BCUT2D eigenvalue weighted by Gasteiger charge is 2.16. The highest BCUT2D eigenvalue weighted by Crippen LogP contribution is 2.28. The Kier molecular flexibility index (Phi) is 5.01. The molecule has 0 fully saturated rings. The van der Waals surface area contributed by atoms with E-state index < -0.39 is 0 Å². The van der Waals surface area contributed by atoms with Crippen LogP contribution in [0, 0.1) is 6.92 Å². The van der Waals surface area contributed by atoms with Crippen LogP contribution in [0.3, 0.4) is 0 Å². The Morgan fingerprint density at radius 3 is 2.95 bits per heavy atom. The summed E-state index contributed by atoms with van der Waals surface area (Å²) in [5.74, 6) is 2.05. The van der Waals surface area contributed by atoms with Crippen LogP contribution in [0.15, 0.2) is 27.2 Å². The molecular formula is C13H16BrN3OS. The molecule has 0 radical (unpaired) electrons. The summed E-state index contributed by atoms with van der Waals surface area (Å²) in [5.41, 5.74) is 8.10. The highest BCUT2D eigenvalue weighted by molar-refractivity contribution is 9.10. The lowest BCUT2D eigenvalue weighted by atomic mass is 10.1. The number of hydrogen-bond donors (Lipinski definition) is 1. The Bertz CT molecular complexity index is 559. The van der Waals surface area contributed by atoms with Crippen molar-refractivity contribution in [2.45, 2.75) is 19.4 Å². The number of hydrogen-bond acceptors (Lipinski definition) is 5. The number of aryl methyl sites for hydroxylation is 1. The topological polar surface area (TPSA) is 64.9 Å². The van der Waals surface area contributed by atoms with Crippen molar-refractivity contribution in [3.8, 4) is 11.4 Å². The molecule has 2 rings (SSSR count). The quantitative estimate of drug-likeness (QED) is 0.900. The summed E-state index contributed by atoms with van der Waals surface area (Å²) in [6.45, 7) is 2.04. The summed E-state index contributed by atoms with van der Waals surface area (Å²) in [5, 5.41) is 4.00. The van der Waals surface area contributed by atoms with Gasteiger partial charge in [-0.3, -0.25) is 0 Å². The second-order valence-electron chi connectivity index (χ2n) is 4.33. The molecule has 0 amide bonds. The van der Waals surface area contributed by atoms with E-state index in [2.05, 4.69) is 32.3 Å². The van der Waals surface area contributed by atoms with Gasteiger partial charge in [-0.25, -0.2) is 0 Å². The van der Waals surface area contributed by atoms with Crippen LogP contribution in [0.25, 0.3) is 11.4 Å². The molecule has 0 aliphatic heterocycles. The molecule has 2 N–H and O–H groups in total. The first-order chi connectivity index (χ1) is 9.11. The molecule has 0 saturated heterocycles. The van der Waals surface area contributed by atoms with Gasteiger partial charge in [0.2, 0.25) is 11.7 Å². The van der Waals surface area contributed by atoms with E-state index in [1.165, 1.54) is 5.56 Å². The molecule has 1 aromatic heterocycles. The molecule has 0 aliphatic carbocycles. The van der Waals surface area contributed by atoms with Crippen molar-refractivity contribution in [3.05, 3.63) is 34.1 Å². The van der Waals surface area contributed by atoms with Gasteiger partial charge < -0.3 is 10.3 Å². The Labute approximate surface area is 125 Å². The van der Waals surface area contributed by atoms with Crippen LogP contribution < -0.4 is 5.73 Å². The summed E-state index contributed by atoms with van der Waals surface area (Å²) in [6, 6.07) is 5.82. The van der Waals surface area contributed by atoms with Crippen LogP contribution in [0.2, 0.25) is 0 Å². The fourth-order valence-corrected chi connectivity index (χ4v) is 2.83. The Morgan fingerprint density at radius 1 is 1.47 bits per heavy atom. The zero-order valence-electron chi connectivity index (χ0n) is 10.9. The van der Waals surface area contributed by atoms with E-state index in [1.54, 1.807) is 11.8 Å². The third-order valence-electron chi connectivity index (χ3n) is 2.76. The number of halogens is 1. The second kappa shape index (κ2) is 6.54. The molecule has 1 aromatic carbocycles. The molecule has 0 spiro atoms. The summed E-state index contributed by atoms with van der Waals surface area (Å²) in [7, 11) is 0. The Morgan fingerprint density at radius 2 is 2.26 bits per heavy atom. The summed E-state index contributed by atoms with van der Waals surface area (Å²) < 4.78 is 6.20. The lowest BCUT2D eigenvalue weighted by Crippen LogP contribution is -2.11. The fraction of sp³-hybridized carbons (Fsp3) is 0.385. The zero-order chi connectivity index (χ0) is 13.8. The zero-order valence-corrected chi connectivity index (χ0v) is 13.3. The summed E-state index contributed by atoms with van der Waals surface area (Å²) >= 11 is 5.27. The minimum Gasteiger partial charge on any atom is -0.337 e. The van der Waals surface area contributed by atoms with E-state index in [0.717, 1.165) is 22.2 Å². The maximum atomic E-state index is 6.01. The largest absolute Gasteiger partial charge is 0.337 e. The molecule has 0 unspecified atom stereocenters. The molecule has 0 saturated carbocycles. The van der Waals surface area contributed by atoms with Crippen molar-refractivity contribution >= 4 is 27.7 Å². The predicted molar refractivity (Wildman–Crippen MR) is 82.1 cm³/mol. The van der Waals surface area contributed by atoms with Crippen molar-refractivity contribution < 1.29 is 4.52 Å². The van der Waals surface area contributed by atoms with Gasteiger partial charge in [-0.2, -0.15) is 16.7 Å². The molecule has 6 heteroatoms.